The first-order valence-electron chi connectivity index (χ1n) is 6.46. The minimum Gasteiger partial charge on any atom is -0.481 e. The Kier molecular flexibility index (Phi) is 4.32. The van der Waals surface area contributed by atoms with Crippen LogP contribution < -0.4 is 5.32 Å². The molecule has 1 heterocycles. The fourth-order valence-electron chi connectivity index (χ4n) is 2.15. The highest BCUT2D eigenvalue weighted by Crippen LogP contribution is 2.31. The number of hydrogen-bond donors (Lipinski definition) is 2. The van der Waals surface area contributed by atoms with Gasteiger partial charge in [0.2, 0.25) is 0 Å². The van der Waals surface area contributed by atoms with Crippen LogP contribution in [0.1, 0.15) is 19.8 Å². The highest BCUT2D eigenvalue weighted by Gasteiger charge is 2.37. The number of anilines is 1. The number of likely N-dealkylation sites (tertiary alicyclic amines) is 1. The van der Waals surface area contributed by atoms with Crippen molar-refractivity contribution in [3.63, 3.8) is 0 Å². The Morgan fingerprint density at radius 2 is 1.80 bits per heavy atom. The summed E-state index contributed by atoms with van der Waals surface area (Å²) in [6, 6.07) is 7.15. The minimum absolute atomic E-state index is 0.181. The molecule has 2 rings (SSSR count). The van der Waals surface area contributed by atoms with Gasteiger partial charge in [-0.25, -0.2) is 4.79 Å². The molecule has 0 atom stereocenters. The van der Waals surface area contributed by atoms with E-state index in [0.29, 0.717) is 25.9 Å². The molecular formula is C14H17BrN2O3. The molecule has 0 aliphatic carbocycles. The van der Waals surface area contributed by atoms with Gasteiger partial charge in [-0.3, -0.25) is 4.79 Å². The number of carboxylic acids is 1. The second kappa shape index (κ2) is 5.83. The number of rotatable bonds is 2. The van der Waals surface area contributed by atoms with Gasteiger partial charge in [0.05, 0.1) is 5.41 Å². The van der Waals surface area contributed by atoms with Gasteiger partial charge in [0.25, 0.3) is 0 Å². The maximum Gasteiger partial charge on any atom is 0.321 e. The third-order valence-electron chi connectivity index (χ3n) is 3.77. The highest BCUT2D eigenvalue weighted by atomic mass is 79.9. The molecule has 6 heteroatoms. The zero-order valence-electron chi connectivity index (χ0n) is 11.2. The number of carbonyl (C=O) groups is 2. The number of nitrogens with one attached hydrogen (secondary N) is 1. The summed E-state index contributed by atoms with van der Waals surface area (Å²) in [5.41, 5.74) is 0.0127. The van der Waals surface area contributed by atoms with E-state index in [4.69, 9.17) is 5.11 Å². The van der Waals surface area contributed by atoms with E-state index in [1.165, 1.54) is 0 Å². The molecule has 0 radical (unpaired) electrons. The summed E-state index contributed by atoms with van der Waals surface area (Å²) in [7, 11) is 0. The topological polar surface area (TPSA) is 69.6 Å². The van der Waals surface area contributed by atoms with Crippen molar-refractivity contribution in [3.8, 4) is 0 Å². The van der Waals surface area contributed by atoms with E-state index < -0.39 is 11.4 Å². The predicted molar refractivity (Wildman–Crippen MR) is 79.7 cm³/mol. The lowest BCUT2D eigenvalue weighted by atomic mass is 9.80. The van der Waals surface area contributed by atoms with Crippen LogP contribution in [0.4, 0.5) is 10.5 Å². The molecule has 2 N–H and O–H groups in total. The predicted octanol–water partition coefficient (Wildman–Crippen LogP) is 3.17. The first-order chi connectivity index (χ1) is 9.40. The van der Waals surface area contributed by atoms with Gasteiger partial charge in [0, 0.05) is 23.2 Å². The fraction of sp³-hybridized carbons (Fsp3) is 0.429. The number of benzene rings is 1. The molecule has 1 aliphatic rings. The van der Waals surface area contributed by atoms with Crippen molar-refractivity contribution in [2.24, 2.45) is 5.41 Å². The van der Waals surface area contributed by atoms with Crippen LogP contribution in [0.3, 0.4) is 0 Å². The number of carboxylic acid groups (broad SMARTS) is 1. The minimum atomic E-state index is -0.787. The average Bonchev–Trinajstić information content (AvgIpc) is 2.42. The van der Waals surface area contributed by atoms with Crippen LogP contribution in [-0.4, -0.2) is 35.1 Å². The summed E-state index contributed by atoms with van der Waals surface area (Å²) in [5, 5.41) is 12.0. The summed E-state index contributed by atoms with van der Waals surface area (Å²) in [6.07, 6.45) is 0.964. The summed E-state index contributed by atoms with van der Waals surface area (Å²) in [4.78, 5) is 24.9. The van der Waals surface area contributed by atoms with Gasteiger partial charge in [-0.05, 0) is 44.0 Å². The molecule has 1 fully saturated rings. The third-order valence-corrected chi connectivity index (χ3v) is 4.29. The summed E-state index contributed by atoms with van der Waals surface area (Å²) < 4.78 is 0.950. The molecule has 0 spiro atoms. The van der Waals surface area contributed by atoms with Crippen LogP contribution >= 0.6 is 15.9 Å². The number of aliphatic carboxylic acids is 1. The molecule has 0 aromatic heterocycles. The Hall–Kier alpha value is -1.56. The Morgan fingerprint density at radius 3 is 2.30 bits per heavy atom. The fourth-order valence-corrected chi connectivity index (χ4v) is 2.42. The zero-order chi connectivity index (χ0) is 14.8. The molecule has 108 valence electrons. The van der Waals surface area contributed by atoms with Gasteiger partial charge in [-0.2, -0.15) is 0 Å². The molecule has 0 bridgehead atoms. The Balaban J connectivity index is 1.92. The Morgan fingerprint density at radius 1 is 1.25 bits per heavy atom. The highest BCUT2D eigenvalue weighted by molar-refractivity contribution is 9.10. The normalized spacial score (nSPS) is 17.6. The van der Waals surface area contributed by atoms with Gasteiger partial charge >= 0.3 is 12.0 Å². The van der Waals surface area contributed by atoms with E-state index in [1.54, 1.807) is 11.8 Å². The zero-order valence-corrected chi connectivity index (χ0v) is 12.8. The Bertz CT molecular complexity index is 508. The van der Waals surface area contributed by atoms with E-state index in [0.717, 1.165) is 10.2 Å². The maximum absolute atomic E-state index is 12.1. The van der Waals surface area contributed by atoms with Gasteiger partial charge in [-0.15, -0.1) is 0 Å². The van der Waals surface area contributed by atoms with Crippen LogP contribution in [0.15, 0.2) is 28.7 Å². The second-order valence-electron chi connectivity index (χ2n) is 5.29. The molecule has 1 aromatic rings. The van der Waals surface area contributed by atoms with Crippen molar-refractivity contribution in [3.05, 3.63) is 28.7 Å². The van der Waals surface area contributed by atoms with E-state index in [2.05, 4.69) is 21.2 Å². The molecule has 5 nitrogen and oxygen atoms in total. The Labute approximate surface area is 126 Å². The lowest BCUT2D eigenvalue weighted by Crippen LogP contribution is -2.46. The van der Waals surface area contributed by atoms with Crippen molar-refractivity contribution >= 4 is 33.6 Å². The molecule has 1 saturated heterocycles. The second-order valence-corrected chi connectivity index (χ2v) is 6.21. The van der Waals surface area contributed by atoms with E-state index in [9.17, 15) is 9.59 Å². The number of amides is 2. The maximum atomic E-state index is 12.1. The van der Waals surface area contributed by atoms with Crippen molar-refractivity contribution in [1.29, 1.82) is 0 Å². The SMILES string of the molecule is CC1(C(=O)O)CCN(C(=O)Nc2ccc(Br)cc2)CC1. The number of carbonyl (C=O) groups excluding carboxylic acids is 1. The molecule has 0 unspecified atom stereocenters. The standard InChI is InChI=1S/C14H17BrN2O3/c1-14(12(18)19)6-8-17(9-7-14)13(20)16-11-4-2-10(15)3-5-11/h2-5H,6-9H2,1H3,(H,16,20)(H,18,19). The largest absolute Gasteiger partial charge is 0.481 e. The van der Waals surface area contributed by atoms with Gasteiger partial charge in [-0.1, -0.05) is 15.9 Å². The molecule has 20 heavy (non-hydrogen) atoms. The van der Waals surface area contributed by atoms with Crippen molar-refractivity contribution in [1.82, 2.24) is 4.90 Å². The number of nitrogens with zero attached hydrogens (tertiary/aromatic N) is 1. The third kappa shape index (κ3) is 3.30. The lowest BCUT2D eigenvalue weighted by molar-refractivity contribution is -0.150. The quantitative estimate of drug-likeness (QED) is 0.868. The van der Waals surface area contributed by atoms with Crippen LogP contribution in [0.5, 0.6) is 0 Å². The van der Waals surface area contributed by atoms with E-state index >= 15 is 0 Å². The summed E-state index contributed by atoms with van der Waals surface area (Å²) in [6.45, 7) is 2.66. The van der Waals surface area contributed by atoms with Crippen molar-refractivity contribution in [2.75, 3.05) is 18.4 Å². The monoisotopic (exact) mass is 340 g/mol. The number of urea groups is 1. The molecule has 1 aromatic carbocycles. The first-order valence-corrected chi connectivity index (χ1v) is 7.25. The van der Waals surface area contributed by atoms with Gasteiger partial charge in [0.15, 0.2) is 0 Å². The average molecular weight is 341 g/mol. The number of hydrogen-bond acceptors (Lipinski definition) is 2. The summed E-state index contributed by atoms with van der Waals surface area (Å²) in [5.74, 6) is -0.787. The smallest absolute Gasteiger partial charge is 0.321 e. The van der Waals surface area contributed by atoms with Gasteiger partial charge in [0.1, 0.15) is 0 Å². The van der Waals surface area contributed by atoms with E-state index in [-0.39, 0.29) is 6.03 Å². The van der Waals surface area contributed by atoms with Crippen LogP contribution in [0, 0.1) is 5.41 Å². The van der Waals surface area contributed by atoms with Crippen LogP contribution in [0.25, 0.3) is 0 Å². The molecule has 2 amide bonds. The molecular weight excluding hydrogens is 324 g/mol. The van der Waals surface area contributed by atoms with Gasteiger partial charge < -0.3 is 15.3 Å². The van der Waals surface area contributed by atoms with Crippen molar-refractivity contribution in [2.45, 2.75) is 19.8 Å². The van der Waals surface area contributed by atoms with Crippen LogP contribution in [0.2, 0.25) is 0 Å². The van der Waals surface area contributed by atoms with E-state index in [1.807, 2.05) is 24.3 Å². The summed E-state index contributed by atoms with van der Waals surface area (Å²) >= 11 is 3.34. The molecule has 1 aliphatic heterocycles. The number of halogens is 1. The van der Waals surface area contributed by atoms with Crippen molar-refractivity contribution < 1.29 is 14.7 Å². The van der Waals surface area contributed by atoms with Crippen LogP contribution in [-0.2, 0) is 4.79 Å². The molecule has 0 saturated carbocycles. The lowest BCUT2D eigenvalue weighted by Gasteiger charge is -2.36. The number of piperidine rings is 1. The first kappa shape index (κ1) is 14.8.